The van der Waals surface area contributed by atoms with Gasteiger partial charge in [-0.2, -0.15) is 5.26 Å². The van der Waals surface area contributed by atoms with Crippen LogP contribution in [0.15, 0.2) is 11.3 Å². The minimum Gasteiger partial charge on any atom is -0.486 e. The molecule has 0 aromatic rings. The smallest absolute Gasteiger partial charge is 0.372 e. The number of nitrogens with zero attached hydrogens (tertiary/aromatic N) is 1. The molecule has 0 aliphatic rings. The lowest BCUT2D eigenvalue weighted by Crippen LogP contribution is -2.07. The highest BCUT2D eigenvalue weighted by Crippen LogP contribution is 2.09. The Labute approximate surface area is 71.1 Å². The lowest BCUT2D eigenvalue weighted by Gasteiger charge is -2.04. The van der Waals surface area contributed by atoms with E-state index in [4.69, 9.17) is 15.1 Å². The van der Waals surface area contributed by atoms with Gasteiger partial charge in [0.2, 0.25) is 5.76 Å². The Balaban J connectivity index is 4.79. The second-order valence-electron chi connectivity index (χ2n) is 2.01. The van der Waals surface area contributed by atoms with Crippen molar-refractivity contribution >= 4 is 5.97 Å². The fourth-order valence-electron chi connectivity index (χ4n) is 0.713. The van der Waals surface area contributed by atoms with Crippen molar-refractivity contribution in [1.29, 1.82) is 5.26 Å². The Bertz CT molecular complexity index is 237. The summed E-state index contributed by atoms with van der Waals surface area (Å²) in [5.74, 6) is -1.42. The molecule has 0 bridgehead atoms. The van der Waals surface area contributed by atoms with Gasteiger partial charge in [0.15, 0.2) is 0 Å². The number of hydrogen-bond donors (Lipinski definition) is 1. The lowest BCUT2D eigenvalue weighted by molar-refractivity contribution is -0.136. The third-order valence-electron chi connectivity index (χ3n) is 1.25. The number of aliphatic carboxylic acids is 1. The van der Waals surface area contributed by atoms with Gasteiger partial charge in [-0.25, -0.2) is 4.79 Å². The van der Waals surface area contributed by atoms with E-state index in [1.54, 1.807) is 19.9 Å². The van der Waals surface area contributed by atoms with Crippen LogP contribution in [-0.4, -0.2) is 17.7 Å². The minimum atomic E-state index is -1.18. The molecule has 0 fully saturated rings. The zero-order valence-electron chi connectivity index (χ0n) is 7.13. The van der Waals surface area contributed by atoms with Gasteiger partial charge in [-0.15, -0.1) is 0 Å². The van der Waals surface area contributed by atoms with Crippen LogP contribution in [0.1, 0.15) is 20.3 Å². The molecule has 0 aliphatic carbocycles. The van der Waals surface area contributed by atoms with Crippen LogP contribution in [0.2, 0.25) is 0 Å². The summed E-state index contributed by atoms with van der Waals surface area (Å²) in [4.78, 5) is 10.5. The molecular formula is C8H11NO3. The van der Waals surface area contributed by atoms with Gasteiger partial charge >= 0.3 is 5.97 Å². The third kappa shape index (κ3) is 2.62. The van der Waals surface area contributed by atoms with Crippen molar-refractivity contribution in [1.82, 2.24) is 0 Å². The molecule has 0 saturated carbocycles. The highest BCUT2D eigenvalue weighted by Gasteiger charge is 2.13. The maximum absolute atomic E-state index is 10.5. The predicted octanol–water partition coefficient (Wildman–Crippen LogP) is 1.30. The van der Waals surface area contributed by atoms with Crippen LogP contribution in [-0.2, 0) is 9.53 Å². The molecule has 1 N–H and O–H groups in total. The molecule has 66 valence electrons. The molecule has 4 nitrogen and oxygen atoms in total. The van der Waals surface area contributed by atoms with Gasteiger partial charge in [0.1, 0.15) is 0 Å². The summed E-state index contributed by atoms with van der Waals surface area (Å²) < 4.78 is 4.80. The predicted molar refractivity (Wildman–Crippen MR) is 42.2 cm³/mol. The van der Waals surface area contributed by atoms with E-state index in [1.807, 2.05) is 0 Å². The van der Waals surface area contributed by atoms with Crippen LogP contribution in [0, 0.1) is 11.3 Å². The topological polar surface area (TPSA) is 70.3 Å². The first-order chi connectivity index (χ1) is 5.67. The summed E-state index contributed by atoms with van der Waals surface area (Å²) in [5, 5.41) is 17.1. The van der Waals surface area contributed by atoms with Crippen molar-refractivity contribution in [3.8, 4) is 6.07 Å². The number of carboxylic acids is 1. The summed E-state index contributed by atoms with van der Waals surface area (Å²) in [6.07, 6.45) is 0.373. The molecule has 12 heavy (non-hydrogen) atoms. The lowest BCUT2D eigenvalue weighted by atomic mass is 10.2. The fourth-order valence-corrected chi connectivity index (χ4v) is 0.713. The van der Waals surface area contributed by atoms with Gasteiger partial charge in [-0.05, 0) is 13.3 Å². The second-order valence-corrected chi connectivity index (χ2v) is 2.01. The summed E-state index contributed by atoms with van der Waals surface area (Å²) in [7, 11) is 0. The Morgan fingerprint density at radius 1 is 1.58 bits per heavy atom. The number of carbonyl (C=O) groups is 1. The standard InChI is InChI=1S/C8H11NO3/c1-3-6(5-9)7(8(10)11)12-4-2/h3-4H2,1-2H3,(H,10,11)/b7-6+. The van der Waals surface area contributed by atoms with Crippen molar-refractivity contribution in [3.63, 3.8) is 0 Å². The summed E-state index contributed by atoms with van der Waals surface area (Å²) in [6.45, 7) is 3.64. The van der Waals surface area contributed by atoms with Crippen LogP contribution in [0.5, 0.6) is 0 Å². The molecule has 0 aliphatic heterocycles. The molecule has 0 unspecified atom stereocenters. The zero-order chi connectivity index (χ0) is 9.56. The molecule has 0 spiro atoms. The molecule has 0 aromatic carbocycles. The summed E-state index contributed by atoms with van der Waals surface area (Å²) in [5.41, 5.74) is 0.171. The van der Waals surface area contributed by atoms with E-state index >= 15 is 0 Å². The molecule has 0 heterocycles. The fraction of sp³-hybridized carbons (Fsp3) is 0.500. The number of hydrogen-bond acceptors (Lipinski definition) is 3. The molecule has 0 radical (unpaired) electrons. The number of ether oxygens (including phenoxy) is 1. The van der Waals surface area contributed by atoms with E-state index in [1.165, 1.54) is 0 Å². The normalized spacial score (nSPS) is 11.4. The van der Waals surface area contributed by atoms with Crippen LogP contribution in [0.4, 0.5) is 0 Å². The van der Waals surface area contributed by atoms with E-state index in [-0.39, 0.29) is 17.9 Å². The third-order valence-corrected chi connectivity index (χ3v) is 1.25. The van der Waals surface area contributed by atoms with Gasteiger partial charge in [0, 0.05) is 0 Å². The van der Waals surface area contributed by atoms with Crippen molar-refractivity contribution in [2.75, 3.05) is 6.61 Å². The van der Waals surface area contributed by atoms with Crippen molar-refractivity contribution in [2.24, 2.45) is 0 Å². The molecule has 0 atom stereocenters. The van der Waals surface area contributed by atoms with Gasteiger partial charge in [0.25, 0.3) is 0 Å². The van der Waals surface area contributed by atoms with Gasteiger partial charge in [-0.1, -0.05) is 6.92 Å². The summed E-state index contributed by atoms with van der Waals surface area (Å²) >= 11 is 0. The van der Waals surface area contributed by atoms with E-state index in [9.17, 15) is 4.79 Å². The van der Waals surface area contributed by atoms with Gasteiger partial charge < -0.3 is 9.84 Å². The quantitative estimate of drug-likeness (QED) is 0.391. The monoisotopic (exact) mass is 169 g/mol. The summed E-state index contributed by atoms with van der Waals surface area (Å²) in [6, 6.07) is 1.79. The van der Waals surface area contributed by atoms with Gasteiger partial charge in [-0.3, -0.25) is 0 Å². The number of allylic oxidation sites excluding steroid dienone is 1. The van der Waals surface area contributed by atoms with Crippen molar-refractivity contribution < 1.29 is 14.6 Å². The number of nitriles is 1. The highest BCUT2D eigenvalue weighted by molar-refractivity contribution is 5.86. The molecule has 0 rings (SSSR count). The van der Waals surface area contributed by atoms with Crippen LogP contribution in [0.3, 0.4) is 0 Å². The second kappa shape index (κ2) is 5.19. The minimum absolute atomic E-state index is 0.171. The zero-order valence-corrected chi connectivity index (χ0v) is 7.13. The van der Waals surface area contributed by atoms with Crippen molar-refractivity contribution in [2.45, 2.75) is 20.3 Å². The maximum Gasteiger partial charge on any atom is 0.372 e. The van der Waals surface area contributed by atoms with E-state index < -0.39 is 5.97 Å². The molecule has 0 saturated heterocycles. The Kier molecular flexibility index (Phi) is 4.54. The average Bonchev–Trinajstić information content (AvgIpc) is 2.05. The number of rotatable bonds is 4. The van der Waals surface area contributed by atoms with Crippen LogP contribution < -0.4 is 0 Å². The Morgan fingerprint density at radius 2 is 2.17 bits per heavy atom. The first-order valence-electron chi connectivity index (χ1n) is 3.66. The maximum atomic E-state index is 10.5. The number of carboxylic acid groups (broad SMARTS) is 1. The first-order valence-corrected chi connectivity index (χ1v) is 3.66. The Hall–Kier alpha value is -1.50. The van der Waals surface area contributed by atoms with E-state index in [2.05, 4.69) is 0 Å². The molecule has 0 aromatic heterocycles. The SMILES string of the molecule is CCO/C(C(=O)O)=C(/C#N)CC. The van der Waals surface area contributed by atoms with E-state index in [0.29, 0.717) is 6.42 Å². The average molecular weight is 169 g/mol. The molecule has 0 amide bonds. The largest absolute Gasteiger partial charge is 0.486 e. The van der Waals surface area contributed by atoms with Crippen molar-refractivity contribution in [3.05, 3.63) is 11.3 Å². The van der Waals surface area contributed by atoms with Crippen LogP contribution >= 0.6 is 0 Å². The molecular weight excluding hydrogens is 158 g/mol. The van der Waals surface area contributed by atoms with Gasteiger partial charge in [0.05, 0.1) is 18.2 Å². The first kappa shape index (κ1) is 10.5. The van der Waals surface area contributed by atoms with Crippen LogP contribution in [0.25, 0.3) is 0 Å². The Morgan fingerprint density at radius 3 is 2.42 bits per heavy atom. The highest BCUT2D eigenvalue weighted by atomic mass is 16.5. The van der Waals surface area contributed by atoms with E-state index in [0.717, 1.165) is 0 Å². The molecule has 4 heteroatoms.